The molecule has 0 saturated heterocycles. The quantitative estimate of drug-likeness (QED) is 0.274. The third kappa shape index (κ3) is 7.96. The number of rotatable bonds is 8. The molecule has 1 atom stereocenters. The van der Waals surface area contributed by atoms with E-state index in [4.69, 9.17) is 14.9 Å². The van der Waals surface area contributed by atoms with Gasteiger partial charge < -0.3 is 14.9 Å². The van der Waals surface area contributed by atoms with Crippen LogP contribution in [0.25, 0.3) is 10.9 Å². The first-order valence-corrected chi connectivity index (χ1v) is 12.4. The van der Waals surface area contributed by atoms with E-state index in [0.717, 1.165) is 24.1 Å². The van der Waals surface area contributed by atoms with E-state index in [-0.39, 0.29) is 18.6 Å². The highest BCUT2D eigenvalue weighted by atomic mass is 79.9. The second kappa shape index (κ2) is 12.9. The lowest BCUT2D eigenvalue weighted by atomic mass is 10.1. The number of aryl methyl sites for hydroxylation is 2. The Hall–Kier alpha value is -2.59. The Balaban J connectivity index is 0.000000784. The topological polar surface area (TPSA) is 96.7 Å². The highest BCUT2D eigenvalue weighted by Gasteiger charge is 2.19. The van der Waals surface area contributed by atoms with Crippen molar-refractivity contribution in [1.82, 2.24) is 4.98 Å². The van der Waals surface area contributed by atoms with Gasteiger partial charge in [0.1, 0.15) is 11.3 Å². The molecule has 0 bridgehead atoms. The van der Waals surface area contributed by atoms with E-state index in [9.17, 15) is 18.4 Å². The van der Waals surface area contributed by atoms with Gasteiger partial charge in [-0.25, -0.2) is 18.6 Å². The first-order chi connectivity index (χ1) is 16.5. The minimum atomic E-state index is -2.00. The van der Waals surface area contributed by atoms with Gasteiger partial charge in [0.05, 0.1) is 8.95 Å². The molecule has 188 valence electrons. The molecule has 0 aliphatic rings. The first kappa shape index (κ1) is 28.6. The summed E-state index contributed by atoms with van der Waals surface area (Å²) < 4.78 is 35.2. The molecule has 1 unspecified atom stereocenters. The monoisotopic (exact) mass is 615 g/mol. The Kier molecular flexibility index (Phi) is 10.6. The largest absolute Gasteiger partial charge is 0.481 e. The lowest BCUT2D eigenvalue weighted by Crippen LogP contribution is -2.17. The fraction of sp³-hybridized carbons (Fsp3) is 0.320. The molecular weight excluding hydrogens is 592 g/mol. The Bertz CT molecular complexity index is 1210. The van der Waals surface area contributed by atoms with Crippen LogP contribution in [0, 0.1) is 12.7 Å². The smallest absolute Gasteiger partial charge is 0.338 e. The fourth-order valence-electron chi connectivity index (χ4n) is 3.17. The number of hydrogen-bond acceptors (Lipinski definition) is 4. The molecule has 35 heavy (non-hydrogen) atoms. The van der Waals surface area contributed by atoms with E-state index in [2.05, 4.69) is 36.8 Å². The van der Waals surface area contributed by atoms with Crippen molar-refractivity contribution in [3.05, 3.63) is 61.9 Å². The second-order valence-corrected chi connectivity index (χ2v) is 9.44. The number of halogens is 4. The molecule has 0 amide bonds. The standard InChI is InChI=1S/C22H19Br2F2NO3.C3H6O2/c1-3-4-13-5-11(2)15-9-14(10-18(25)20(15)27-13)30-21-16(23)6-12(7-17(21)24)8-19(26)22(28)29;1-2-3(4)5/h5-7,9-10,19H,3-4,8H2,1-2H3,(H,28,29);2H2,1H3,(H,4,5). The van der Waals surface area contributed by atoms with Gasteiger partial charge >= 0.3 is 11.9 Å². The van der Waals surface area contributed by atoms with Crippen LogP contribution in [0.1, 0.15) is 43.5 Å². The number of pyridine rings is 1. The van der Waals surface area contributed by atoms with Crippen LogP contribution in [-0.4, -0.2) is 33.3 Å². The third-order valence-corrected chi connectivity index (χ3v) is 6.05. The van der Waals surface area contributed by atoms with Gasteiger partial charge in [0.25, 0.3) is 0 Å². The molecule has 2 aromatic carbocycles. The van der Waals surface area contributed by atoms with E-state index < -0.39 is 23.9 Å². The summed E-state index contributed by atoms with van der Waals surface area (Å²) in [5.41, 5.74) is 2.54. The van der Waals surface area contributed by atoms with Crippen molar-refractivity contribution in [1.29, 1.82) is 0 Å². The molecule has 10 heteroatoms. The van der Waals surface area contributed by atoms with Gasteiger partial charge in [-0.3, -0.25) is 4.79 Å². The molecule has 0 aliphatic heterocycles. The van der Waals surface area contributed by atoms with Gasteiger partial charge in [-0.15, -0.1) is 0 Å². The number of fused-ring (bicyclic) bond motifs is 1. The zero-order valence-corrected chi connectivity index (χ0v) is 22.5. The third-order valence-electron chi connectivity index (χ3n) is 4.87. The van der Waals surface area contributed by atoms with Crippen molar-refractivity contribution in [3.8, 4) is 11.5 Å². The second-order valence-electron chi connectivity index (χ2n) is 7.73. The number of alkyl halides is 1. The highest BCUT2D eigenvalue weighted by Crippen LogP contribution is 2.39. The SMILES string of the molecule is CCC(=O)O.CCCc1cc(C)c2cc(Oc3c(Br)cc(CC(F)C(=O)O)cc3Br)cc(F)c2n1. The summed E-state index contributed by atoms with van der Waals surface area (Å²) in [7, 11) is 0. The van der Waals surface area contributed by atoms with Crippen molar-refractivity contribution in [3.63, 3.8) is 0 Å². The molecule has 6 nitrogen and oxygen atoms in total. The maximum absolute atomic E-state index is 14.8. The van der Waals surface area contributed by atoms with Gasteiger partial charge in [-0.05, 0) is 80.6 Å². The average Bonchev–Trinajstić information content (AvgIpc) is 2.77. The number of ether oxygens (including phenoxy) is 1. The predicted molar refractivity (Wildman–Crippen MR) is 137 cm³/mol. The van der Waals surface area contributed by atoms with Crippen molar-refractivity contribution in [2.75, 3.05) is 0 Å². The Morgan fingerprint density at radius 3 is 2.20 bits per heavy atom. The number of carboxylic acid groups (broad SMARTS) is 2. The Morgan fingerprint density at radius 1 is 1.09 bits per heavy atom. The number of aliphatic carboxylic acids is 2. The maximum atomic E-state index is 14.8. The number of benzene rings is 2. The predicted octanol–water partition coefficient (Wildman–Crippen LogP) is 7.40. The van der Waals surface area contributed by atoms with Crippen LogP contribution in [0.5, 0.6) is 11.5 Å². The van der Waals surface area contributed by atoms with E-state index in [1.807, 2.05) is 19.9 Å². The molecule has 3 rings (SSSR count). The summed E-state index contributed by atoms with van der Waals surface area (Å²) in [6.45, 7) is 5.55. The van der Waals surface area contributed by atoms with E-state index in [1.54, 1.807) is 25.1 Å². The number of carbonyl (C=O) groups is 2. The summed E-state index contributed by atoms with van der Waals surface area (Å²) in [5, 5.41) is 17.1. The molecule has 0 saturated carbocycles. The summed E-state index contributed by atoms with van der Waals surface area (Å²) in [5.74, 6) is -2.08. The van der Waals surface area contributed by atoms with Gasteiger partial charge in [0.15, 0.2) is 11.6 Å². The molecule has 1 heterocycles. The van der Waals surface area contributed by atoms with E-state index >= 15 is 0 Å². The molecule has 0 aliphatic carbocycles. The van der Waals surface area contributed by atoms with Gasteiger partial charge in [0, 0.05) is 30.0 Å². The zero-order chi connectivity index (χ0) is 26.3. The molecule has 1 aromatic heterocycles. The van der Waals surface area contributed by atoms with Gasteiger partial charge in [0.2, 0.25) is 6.17 Å². The summed E-state index contributed by atoms with van der Waals surface area (Å²) in [6.07, 6.45) is -0.350. The van der Waals surface area contributed by atoms with E-state index in [1.165, 1.54) is 6.07 Å². The minimum absolute atomic E-state index is 0.222. The summed E-state index contributed by atoms with van der Waals surface area (Å²) in [4.78, 5) is 24.5. The van der Waals surface area contributed by atoms with E-state index in [0.29, 0.717) is 31.2 Å². The lowest BCUT2D eigenvalue weighted by Gasteiger charge is -2.14. The molecule has 0 fully saturated rings. The van der Waals surface area contributed by atoms with Crippen molar-refractivity contribution in [2.45, 2.75) is 52.6 Å². The highest BCUT2D eigenvalue weighted by molar-refractivity contribution is 9.11. The van der Waals surface area contributed by atoms with Gasteiger partial charge in [-0.1, -0.05) is 20.3 Å². The van der Waals surface area contributed by atoms with Crippen LogP contribution >= 0.6 is 31.9 Å². The molecule has 2 N–H and O–H groups in total. The van der Waals surface area contributed by atoms with Crippen LogP contribution in [-0.2, 0) is 22.4 Å². The van der Waals surface area contributed by atoms with Crippen LogP contribution in [0.2, 0.25) is 0 Å². The maximum Gasteiger partial charge on any atom is 0.338 e. The number of nitrogens with zero attached hydrogens (tertiary/aromatic N) is 1. The Morgan fingerprint density at radius 2 is 1.69 bits per heavy atom. The van der Waals surface area contributed by atoms with Crippen molar-refractivity contribution in [2.24, 2.45) is 0 Å². The van der Waals surface area contributed by atoms with Crippen LogP contribution in [0.15, 0.2) is 39.3 Å². The first-order valence-electron chi connectivity index (χ1n) is 10.8. The summed E-state index contributed by atoms with van der Waals surface area (Å²) in [6, 6.07) is 8.11. The van der Waals surface area contributed by atoms with Crippen LogP contribution in [0.3, 0.4) is 0 Å². The van der Waals surface area contributed by atoms with Crippen LogP contribution in [0.4, 0.5) is 8.78 Å². The summed E-state index contributed by atoms with van der Waals surface area (Å²) >= 11 is 6.72. The normalized spacial score (nSPS) is 11.5. The lowest BCUT2D eigenvalue weighted by molar-refractivity contribution is -0.142. The molecular formula is C25H25Br2F2NO5. The minimum Gasteiger partial charge on any atom is -0.481 e. The number of carboxylic acids is 2. The number of aromatic nitrogens is 1. The number of hydrogen-bond donors (Lipinski definition) is 2. The van der Waals surface area contributed by atoms with Crippen molar-refractivity contribution < 1.29 is 33.3 Å². The molecule has 0 radical (unpaired) electrons. The molecule has 3 aromatic rings. The Labute approximate surface area is 218 Å². The van der Waals surface area contributed by atoms with Gasteiger partial charge in [-0.2, -0.15) is 0 Å². The average molecular weight is 617 g/mol. The molecule has 0 spiro atoms. The van der Waals surface area contributed by atoms with Crippen LogP contribution < -0.4 is 4.74 Å². The van der Waals surface area contributed by atoms with Crippen molar-refractivity contribution >= 4 is 54.7 Å². The zero-order valence-electron chi connectivity index (χ0n) is 19.4. The fourth-order valence-corrected chi connectivity index (χ4v) is 4.62.